The van der Waals surface area contributed by atoms with Crippen molar-refractivity contribution in [3.63, 3.8) is 0 Å². The molecule has 1 aliphatic heterocycles. The van der Waals surface area contributed by atoms with E-state index in [1.807, 2.05) is 47.4 Å². The van der Waals surface area contributed by atoms with Crippen LogP contribution >= 0.6 is 0 Å². The monoisotopic (exact) mass is 387 g/mol. The predicted octanol–water partition coefficient (Wildman–Crippen LogP) is 4.06. The number of benzene rings is 1. The number of fused-ring (bicyclic) bond motifs is 2. The first kappa shape index (κ1) is 18.3. The Bertz CT molecular complexity index is 1050. The number of para-hydroxylation sites is 1. The lowest BCUT2D eigenvalue weighted by molar-refractivity contribution is -0.0885. The lowest BCUT2D eigenvalue weighted by Crippen LogP contribution is -2.54. The normalized spacial score (nSPS) is 24.3. The van der Waals surface area contributed by atoms with Gasteiger partial charge in [0.1, 0.15) is 0 Å². The van der Waals surface area contributed by atoms with Crippen molar-refractivity contribution < 1.29 is 9.90 Å². The van der Waals surface area contributed by atoms with Crippen molar-refractivity contribution in [2.75, 3.05) is 13.1 Å². The molecule has 2 aliphatic rings. The van der Waals surface area contributed by atoms with E-state index < -0.39 is 5.60 Å². The number of piperidine rings is 1. The van der Waals surface area contributed by atoms with Gasteiger partial charge < -0.3 is 10.0 Å². The highest BCUT2D eigenvalue weighted by Gasteiger charge is 2.44. The molecule has 3 heterocycles. The summed E-state index contributed by atoms with van der Waals surface area (Å²) in [4.78, 5) is 24.4. The van der Waals surface area contributed by atoms with Crippen molar-refractivity contribution in [2.45, 2.75) is 37.7 Å². The molecule has 0 bridgehead atoms. The van der Waals surface area contributed by atoms with Crippen LogP contribution in [0.15, 0.2) is 54.9 Å². The van der Waals surface area contributed by atoms with Gasteiger partial charge >= 0.3 is 0 Å². The van der Waals surface area contributed by atoms with Crippen LogP contribution in [0.3, 0.4) is 0 Å². The minimum absolute atomic E-state index is 0.0338. The lowest BCUT2D eigenvalue weighted by Gasteiger charge is -2.47. The molecule has 0 radical (unpaired) electrons. The number of amides is 1. The largest absolute Gasteiger partial charge is 0.389 e. The van der Waals surface area contributed by atoms with E-state index in [-0.39, 0.29) is 11.8 Å². The molecule has 0 spiro atoms. The second-order valence-electron chi connectivity index (χ2n) is 8.36. The number of carbonyl (C=O) groups excluding carboxylic acids is 1. The molecule has 1 N–H and O–H groups in total. The fourth-order valence-corrected chi connectivity index (χ4v) is 4.95. The quantitative estimate of drug-likeness (QED) is 0.720. The van der Waals surface area contributed by atoms with Gasteiger partial charge in [0.05, 0.1) is 22.4 Å². The maximum Gasteiger partial charge on any atom is 0.254 e. The standard InChI is InChI=1S/C24H25N3O2/c28-23(27-14-11-24(29)10-4-3-5-18(24)16-27)20-15-22(17-8-12-25-13-9-17)26-21-7-2-1-6-19(20)21/h1-2,6-9,12-13,15,18,29H,3-5,10-11,14,16H2/t18-,24-/m0/s1. The number of nitrogens with zero attached hydrogens (tertiary/aromatic N) is 3. The number of hydrogen-bond acceptors (Lipinski definition) is 4. The van der Waals surface area contributed by atoms with E-state index in [0.29, 0.717) is 25.1 Å². The summed E-state index contributed by atoms with van der Waals surface area (Å²) >= 11 is 0. The molecule has 3 aromatic rings. The van der Waals surface area contributed by atoms with E-state index in [1.54, 1.807) is 12.4 Å². The SMILES string of the molecule is O=C(c1cc(-c2ccncc2)nc2ccccc12)N1CC[C@@]2(O)CCCC[C@H]2C1. The van der Waals surface area contributed by atoms with Gasteiger partial charge in [-0.2, -0.15) is 0 Å². The zero-order valence-corrected chi connectivity index (χ0v) is 16.4. The maximum atomic E-state index is 13.6. The van der Waals surface area contributed by atoms with Crippen LogP contribution in [-0.4, -0.2) is 44.6 Å². The molecule has 1 aliphatic carbocycles. The summed E-state index contributed by atoms with van der Waals surface area (Å²) in [5.74, 6) is 0.216. The second kappa shape index (κ2) is 7.23. The minimum atomic E-state index is -0.586. The van der Waals surface area contributed by atoms with Crippen LogP contribution in [0.25, 0.3) is 22.2 Å². The highest BCUT2D eigenvalue weighted by Crippen LogP contribution is 2.40. The molecule has 5 heteroatoms. The van der Waals surface area contributed by atoms with Gasteiger partial charge in [-0.25, -0.2) is 4.98 Å². The topological polar surface area (TPSA) is 66.3 Å². The maximum absolute atomic E-state index is 13.6. The summed E-state index contributed by atoms with van der Waals surface area (Å²) in [6.07, 6.45) is 8.24. The average Bonchev–Trinajstić information content (AvgIpc) is 2.78. The van der Waals surface area contributed by atoms with E-state index in [9.17, 15) is 9.90 Å². The van der Waals surface area contributed by atoms with Gasteiger partial charge in [-0.15, -0.1) is 0 Å². The summed E-state index contributed by atoms with van der Waals surface area (Å²) in [6.45, 7) is 1.24. The Balaban J connectivity index is 1.53. The van der Waals surface area contributed by atoms with Crippen LogP contribution in [-0.2, 0) is 0 Å². The molecule has 1 saturated heterocycles. The first-order chi connectivity index (χ1) is 14.1. The molecule has 29 heavy (non-hydrogen) atoms. The molecule has 1 aromatic carbocycles. The number of likely N-dealkylation sites (tertiary alicyclic amines) is 1. The zero-order chi connectivity index (χ0) is 19.8. The van der Waals surface area contributed by atoms with Gasteiger partial charge in [-0.3, -0.25) is 9.78 Å². The van der Waals surface area contributed by atoms with Crippen LogP contribution in [0.5, 0.6) is 0 Å². The van der Waals surface area contributed by atoms with Crippen LogP contribution in [0, 0.1) is 5.92 Å². The number of aliphatic hydroxyl groups is 1. The highest BCUT2D eigenvalue weighted by atomic mass is 16.3. The van der Waals surface area contributed by atoms with E-state index >= 15 is 0 Å². The van der Waals surface area contributed by atoms with Crippen molar-refractivity contribution in [3.8, 4) is 11.3 Å². The Morgan fingerprint density at radius 2 is 1.93 bits per heavy atom. The molecule has 148 valence electrons. The Morgan fingerprint density at radius 3 is 2.79 bits per heavy atom. The first-order valence-electron chi connectivity index (χ1n) is 10.5. The van der Waals surface area contributed by atoms with Crippen molar-refractivity contribution in [2.24, 2.45) is 5.92 Å². The molecule has 2 aromatic heterocycles. The predicted molar refractivity (Wildman–Crippen MR) is 112 cm³/mol. The molecule has 5 rings (SSSR count). The van der Waals surface area contributed by atoms with Gasteiger partial charge in [0.2, 0.25) is 0 Å². The number of hydrogen-bond donors (Lipinski definition) is 1. The Kier molecular flexibility index (Phi) is 4.55. The van der Waals surface area contributed by atoms with Crippen LogP contribution in [0.2, 0.25) is 0 Å². The van der Waals surface area contributed by atoms with Crippen molar-refractivity contribution in [1.82, 2.24) is 14.9 Å². The smallest absolute Gasteiger partial charge is 0.254 e. The van der Waals surface area contributed by atoms with Gasteiger partial charge in [0.15, 0.2) is 0 Å². The van der Waals surface area contributed by atoms with E-state index in [0.717, 1.165) is 47.8 Å². The van der Waals surface area contributed by atoms with Gasteiger partial charge in [0, 0.05) is 42.4 Å². The molecule has 2 fully saturated rings. The average molecular weight is 387 g/mol. The molecule has 1 saturated carbocycles. The lowest BCUT2D eigenvalue weighted by atomic mass is 9.71. The zero-order valence-electron chi connectivity index (χ0n) is 16.4. The molecular formula is C24H25N3O2. The molecule has 1 amide bonds. The number of pyridine rings is 2. The number of rotatable bonds is 2. The molecular weight excluding hydrogens is 362 g/mol. The summed E-state index contributed by atoms with van der Waals surface area (Å²) in [5, 5.41) is 11.8. The number of aromatic nitrogens is 2. The Hall–Kier alpha value is -2.79. The summed E-state index contributed by atoms with van der Waals surface area (Å²) in [5.41, 5.74) is 2.64. The molecule has 2 atom stereocenters. The first-order valence-corrected chi connectivity index (χ1v) is 10.5. The summed E-state index contributed by atoms with van der Waals surface area (Å²) in [6, 6.07) is 13.5. The van der Waals surface area contributed by atoms with Gasteiger partial charge in [-0.05, 0) is 43.5 Å². The van der Waals surface area contributed by atoms with Crippen LogP contribution in [0.4, 0.5) is 0 Å². The number of carbonyl (C=O) groups is 1. The molecule has 5 nitrogen and oxygen atoms in total. The van der Waals surface area contributed by atoms with Gasteiger partial charge in [0.25, 0.3) is 5.91 Å². The second-order valence-corrected chi connectivity index (χ2v) is 8.36. The summed E-state index contributed by atoms with van der Waals surface area (Å²) in [7, 11) is 0. The van der Waals surface area contributed by atoms with Crippen LogP contribution in [0.1, 0.15) is 42.5 Å². The van der Waals surface area contributed by atoms with Gasteiger partial charge in [-0.1, -0.05) is 31.0 Å². The van der Waals surface area contributed by atoms with E-state index in [1.165, 1.54) is 0 Å². The minimum Gasteiger partial charge on any atom is -0.389 e. The van der Waals surface area contributed by atoms with E-state index in [4.69, 9.17) is 4.98 Å². The fourth-order valence-electron chi connectivity index (χ4n) is 4.95. The van der Waals surface area contributed by atoms with Crippen molar-refractivity contribution in [1.29, 1.82) is 0 Å². The third-order valence-corrected chi connectivity index (χ3v) is 6.64. The highest BCUT2D eigenvalue weighted by molar-refractivity contribution is 6.07. The van der Waals surface area contributed by atoms with Crippen molar-refractivity contribution >= 4 is 16.8 Å². The Labute approximate surface area is 170 Å². The third kappa shape index (κ3) is 3.29. The van der Waals surface area contributed by atoms with Crippen molar-refractivity contribution in [3.05, 3.63) is 60.4 Å². The van der Waals surface area contributed by atoms with E-state index in [2.05, 4.69) is 4.98 Å². The van der Waals surface area contributed by atoms with Crippen LogP contribution < -0.4 is 0 Å². The molecule has 0 unspecified atom stereocenters. The Morgan fingerprint density at radius 1 is 1.10 bits per heavy atom. The fraction of sp³-hybridized carbons (Fsp3) is 0.375. The third-order valence-electron chi connectivity index (χ3n) is 6.64. The summed E-state index contributed by atoms with van der Waals surface area (Å²) < 4.78 is 0.